The topological polar surface area (TPSA) is 101 Å². The van der Waals surface area contributed by atoms with Crippen LogP contribution in [0.4, 0.5) is 24.7 Å². The maximum absolute atomic E-state index is 13.0. The lowest BCUT2D eigenvalue weighted by Crippen LogP contribution is -2.17. The number of halogens is 3. The molecule has 0 amide bonds. The van der Waals surface area contributed by atoms with E-state index in [4.69, 9.17) is 0 Å². The van der Waals surface area contributed by atoms with Crippen molar-refractivity contribution in [3.63, 3.8) is 0 Å². The van der Waals surface area contributed by atoms with Crippen LogP contribution < -0.4 is 5.32 Å². The maximum atomic E-state index is 13.0. The molecule has 1 aromatic heterocycles. The van der Waals surface area contributed by atoms with Crippen molar-refractivity contribution in [1.29, 1.82) is 0 Å². The van der Waals surface area contributed by atoms with Crippen LogP contribution in [-0.2, 0) is 6.18 Å². The van der Waals surface area contributed by atoms with Crippen LogP contribution in [0.15, 0.2) is 48.5 Å². The van der Waals surface area contributed by atoms with Gasteiger partial charge in [-0.3, -0.25) is 10.1 Å². The Balaban J connectivity index is 1.84. The van der Waals surface area contributed by atoms with Crippen molar-refractivity contribution < 1.29 is 23.2 Å². The third-order valence-electron chi connectivity index (χ3n) is 3.81. The molecule has 7 nitrogen and oxygen atoms in total. The van der Waals surface area contributed by atoms with Gasteiger partial charge in [0.15, 0.2) is 0 Å². The van der Waals surface area contributed by atoms with E-state index >= 15 is 0 Å². The predicted octanol–water partition coefficient (Wildman–Crippen LogP) is 3.70. The lowest BCUT2D eigenvalue weighted by molar-refractivity contribution is -0.384. The molecule has 0 aliphatic rings. The Bertz CT molecular complexity index is 977. The molecule has 140 valence electrons. The zero-order chi connectivity index (χ0) is 19.6. The number of aliphatic hydroxyl groups is 1. The number of hydrogen-bond donors (Lipinski definition) is 2. The summed E-state index contributed by atoms with van der Waals surface area (Å²) in [5, 5.41) is 23.9. The summed E-state index contributed by atoms with van der Waals surface area (Å²) in [7, 11) is 0. The molecular formula is C17H13F3N4O3. The fourth-order valence-electron chi connectivity index (χ4n) is 2.47. The highest BCUT2D eigenvalue weighted by atomic mass is 19.4. The van der Waals surface area contributed by atoms with Gasteiger partial charge in [0.05, 0.1) is 16.5 Å². The van der Waals surface area contributed by atoms with Crippen LogP contribution in [0.5, 0.6) is 0 Å². The summed E-state index contributed by atoms with van der Waals surface area (Å²) in [6.07, 6.45) is -5.81. The molecular weight excluding hydrogens is 365 g/mol. The van der Waals surface area contributed by atoms with E-state index in [0.29, 0.717) is 10.9 Å². The Morgan fingerprint density at radius 3 is 2.41 bits per heavy atom. The highest BCUT2D eigenvalue weighted by molar-refractivity contribution is 5.89. The summed E-state index contributed by atoms with van der Waals surface area (Å²) in [5.74, 6) is -1.34. The summed E-state index contributed by atoms with van der Waals surface area (Å²) in [6, 6.07) is 11.4. The summed E-state index contributed by atoms with van der Waals surface area (Å²) in [6.45, 7) is -0.143. The van der Waals surface area contributed by atoms with Crippen molar-refractivity contribution in [3.05, 3.63) is 70.0 Å². The second-order valence-electron chi connectivity index (χ2n) is 5.66. The number of alkyl halides is 3. The number of rotatable bonds is 5. The lowest BCUT2D eigenvalue weighted by Gasteiger charge is -2.15. The molecule has 1 heterocycles. The van der Waals surface area contributed by atoms with Crippen LogP contribution >= 0.6 is 0 Å². The summed E-state index contributed by atoms with van der Waals surface area (Å²) in [4.78, 5) is 17.1. The number of non-ortho nitro benzene ring substituents is 1. The second kappa shape index (κ2) is 7.16. The third kappa shape index (κ3) is 4.11. The van der Waals surface area contributed by atoms with E-state index < -0.39 is 23.0 Å². The molecule has 2 aromatic carbocycles. The van der Waals surface area contributed by atoms with Crippen LogP contribution in [-0.4, -0.2) is 26.5 Å². The molecule has 0 radical (unpaired) electrons. The number of anilines is 1. The van der Waals surface area contributed by atoms with Gasteiger partial charge in [0.2, 0.25) is 5.82 Å². The van der Waals surface area contributed by atoms with Crippen molar-refractivity contribution in [1.82, 2.24) is 9.97 Å². The van der Waals surface area contributed by atoms with Crippen LogP contribution in [0.3, 0.4) is 0 Å². The van der Waals surface area contributed by atoms with Gasteiger partial charge in [-0.15, -0.1) is 0 Å². The Hall–Kier alpha value is -3.27. The van der Waals surface area contributed by atoms with E-state index in [1.807, 2.05) is 0 Å². The van der Waals surface area contributed by atoms with Gasteiger partial charge >= 0.3 is 6.18 Å². The lowest BCUT2D eigenvalue weighted by atomic mass is 10.1. The monoisotopic (exact) mass is 378 g/mol. The van der Waals surface area contributed by atoms with Crippen LogP contribution in [0.2, 0.25) is 0 Å². The first kappa shape index (κ1) is 18.5. The van der Waals surface area contributed by atoms with Gasteiger partial charge in [0.1, 0.15) is 5.82 Å². The van der Waals surface area contributed by atoms with E-state index in [9.17, 15) is 28.4 Å². The number of benzene rings is 2. The molecule has 3 aromatic rings. The third-order valence-corrected chi connectivity index (χ3v) is 3.81. The largest absolute Gasteiger partial charge is 0.451 e. The summed E-state index contributed by atoms with van der Waals surface area (Å²) in [5.41, 5.74) is 0.366. The van der Waals surface area contributed by atoms with Crippen LogP contribution in [0.25, 0.3) is 10.9 Å². The summed E-state index contributed by atoms with van der Waals surface area (Å²) < 4.78 is 39.0. The Kier molecular flexibility index (Phi) is 4.91. The molecule has 0 bridgehead atoms. The number of nitrogens with zero attached hydrogens (tertiary/aromatic N) is 3. The number of hydrogen-bond acceptors (Lipinski definition) is 6. The minimum Gasteiger partial charge on any atom is -0.387 e. The second-order valence-corrected chi connectivity index (χ2v) is 5.66. The van der Waals surface area contributed by atoms with E-state index in [1.165, 1.54) is 30.3 Å². The van der Waals surface area contributed by atoms with Gasteiger partial charge in [-0.05, 0) is 29.8 Å². The molecule has 2 N–H and O–H groups in total. The first-order chi connectivity index (χ1) is 12.8. The van der Waals surface area contributed by atoms with Crippen molar-refractivity contribution in [2.45, 2.75) is 12.3 Å². The van der Waals surface area contributed by atoms with E-state index in [-0.39, 0.29) is 23.6 Å². The van der Waals surface area contributed by atoms with Crippen molar-refractivity contribution >= 4 is 22.4 Å². The highest BCUT2D eigenvalue weighted by Crippen LogP contribution is 2.30. The highest BCUT2D eigenvalue weighted by Gasteiger charge is 2.35. The Morgan fingerprint density at radius 2 is 1.78 bits per heavy atom. The number of nitro groups is 1. The molecule has 0 saturated heterocycles. The number of aromatic nitrogens is 2. The van der Waals surface area contributed by atoms with Crippen LogP contribution in [0.1, 0.15) is 17.5 Å². The molecule has 0 saturated carbocycles. The predicted molar refractivity (Wildman–Crippen MR) is 91.1 cm³/mol. The number of nitro benzene ring substituents is 1. The number of aliphatic hydroxyl groups excluding tert-OH is 1. The average Bonchev–Trinajstić information content (AvgIpc) is 2.65. The Morgan fingerprint density at radius 1 is 1.11 bits per heavy atom. The Labute approximate surface area is 150 Å². The molecule has 0 aliphatic heterocycles. The van der Waals surface area contributed by atoms with Gasteiger partial charge in [0.25, 0.3) is 5.69 Å². The molecule has 10 heteroatoms. The van der Waals surface area contributed by atoms with E-state index in [1.54, 1.807) is 18.2 Å². The fourth-order valence-corrected chi connectivity index (χ4v) is 2.47. The van der Waals surface area contributed by atoms with Crippen LogP contribution in [0, 0.1) is 10.1 Å². The molecule has 0 aliphatic carbocycles. The molecule has 0 spiro atoms. The van der Waals surface area contributed by atoms with Gasteiger partial charge in [-0.1, -0.05) is 12.1 Å². The first-order valence-electron chi connectivity index (χ1n) is 7.76. The minimum absolute atomic E-state index is 0.0612. The van der Waals surface area contributed by atoms with Gasteiger partial charge in [-0.25, -0.2) is 9.97 Å². The van der Waals surface area contributed by atoms with Gasteiger partial charge < -0.3 is 10.4 Å². The molecule has 0 unspecified atom stereocenters. The number of nitrogens with one attached hydrogen (secondary N) is 1. The van der Waals surface area contributed by atoms with Crippen molar-refractivity contribution in [2.75, 3.05) is 11.9 Å². The number of fused-ring (bicyclic) bond motifs is 1. The maximum Gasteiger partial charge on any atom is 0.451 e. The molecule has 3 rings (SSSR count). The van der Waals surface area contributed by atoms with Crippen molar-refractivity contribution in [3.8, 4) is 0 Å². The van der Waals surface area contributed by atoms with E-state index in [2.05, 4.69) is 15.3 Å². The van der Waals surface area contributed by atoms with Crippen molar-refractivity contribution in [2.24, 2.45) is 0 Å². The first-order valence-corrected chi connectivity index (χ1v) is 7.76. The zero-order valence-electron chi connectivity index (χ0n) is 13.6. The normalized spacial score (nSPS) is 12.7. The standard InChI is InChI=1S/C17H13F3N4O3/c18-17(19,20)16-22-13-4-2-1-3-12(13)15(23-16)21-9-14(25)10-5-7-11(8-6-10)24(26)27/h1-8,14,25H,9H2,(H,21,22,23)/t14-/m0/s1. The molecule has 1 atom stereocenters. The van der Waals surface area contributed by atoms with E-state index in [0.717, 1.165) is 0 Å². The zero-order valence-corrected chi connectivity index (χ0v) is 13.6. The average molecular weight is 378 g/mol. The number of para-hydroxylation sites is 1. The minimum atomic E-state index is -4.71. The van der Waals surface area contributed by atoms with Gasteiger partial charge in [0, 0.05) is 24.1 Å². The fraction of sp³-hybridized carbons (Fsp3) is 0.176. The smallest absolute Gasteiger partial charge is 0.387 e. The SMILES string of the molecule is O=[N+]([O-])c1ccc([C@@H](O)CNc2nc(C(F)(F)F)nc3ccccc23)cc1. The van der Waals surface area contributed by atoms with Gasteiger partial charge in [-0.2, -0.15) is 13.2 Å². The summed E-state index contributed by atoms with van der Waals surface area (Å²) >= 11 is 0. The molecule has 27 heavy (non-hydrogen) atoms. The molecule has 0 fully saturated rings. The quantitative estimate of drug-likeness (QED) is 0.519.